The minimum atomic E-state index is -0.333. The number of rotatable bonds is 3. The standard InChI is InChI=1S/C17H17ClN2O3S.C2H6O/c1-2-23-17(22)20-8-7-12-13(9-20)24-16(19)14(12)15(21)10-3-5-11(18)6-4-10;1-2-3/h3-6H,2,7-9,19H2,1H3;3H,2H2,1H3. The molecule has 6 nitrogen and oxygen atoms in total. The largest absolute Gasteiger partial charge is 0.450 e. The Labute approximate surface area is 167 Å². The van der Waals surface area contributed by atoms with E-state index < -0.39 is 0 Å². The van der Waals surface area contributed by atoms with E-state index in [9.17, 15) is 9.59 Å². The normalized spacial score (nSPS) is 12.7. The van der Waals surface area contributed by atoms with E-state index in [1.54, 1.807) is 43.0 Å². The molecule has 8 heteroatoms. The van der Waals surface area contributed by atoms with Gasteiger partial charge in [0.15, 0.2) is 5.78 Å². The van der Waals surface area contributed by atoms with Crippen LogP contribution in [0.15, 0.2) is 24.3 Å². The molecule has 1 aromatic heterocycles. The van der Waals surface area contributed by atoms with E-state index in [4.69, 9.17) is 27.2 Å². The quantitative estimate of drug-likeness (QED) is 0.752. The average molecular weight is 411 g/mol. The molecule has 1 aliphatic rings. The molecule has 3 N–H and O–H groups in total. The van der Waals surface area contributed by atoms with Crippen molar-refractivity contribution in [3.05, 3.63) is 50.9 Å². The summed E-state index contributed by atoms with van der Waals surface area (Å²) in [6.07, 6.45) is 0.261. The molecule has 0 bridgehead atoms. The molecule has 0 saturated carbocycles. The van der Waals surface area contributed by atoms with Crippen LogP contribution in [-0.2, 0) is 17.7 Å². The number of hydrogen-bond donors (Lipinski definition) is 2. The van der Waals surface area contributed by atoms with Gasteiger partial charge in [-0.3, -0.25) is 4.79 Å². The Morgan fingerprint density at radius 1 is 1.30 bits per heavy atom. The molecule has 0 atom stereocenters. The Kier molecular flexibility index (Phi) is 7.65. The first-order valence-electron chi connectivity index (χ1n) is 8.65. The second kappa shape index (κ2) is 9.73. The van der Waals surface area contributed by atoms with Crippen molar-refractivity contribution in [1.82, 2.24) is 4.90 Å². The summed E-state index contributed by atoms with van der Waals surface area (Å²) >= 11 is 7.24. The van der Waals surface area contributed by atoms with Crippen LogP contribution >= 0.6 is 22.9 Å². The maximum atomic E-state index is 12.8. The lowest BCUT2D eigenvalue weighted by Crippen LogP contribution is -2.36. The number of anilines is 1. The lowest BCUT2D eigenvalue weighted by Gasteiger charge is -2.26. The van der Waals surface area contributed by atoms with Gasteiger partial charge in [0.1, 0.15) is 0 Å². The Morgan fingerprint density at radius 3 is 2.52 bits per heavy atom. The van der Waals surface area contributed by atoms with E-state index in [1.807, 2.05) is 0 Å². The van der Waals surface area contributed by atoms with E-state index in [-0.39, 0.29) is 18.5 Å². The molecule has 1 aliphatic heterocycles. The number of amides is 1. The second-order valence-electron chi connectivity index (χ2n) is 5.77. The van der Waals surface area contributed by atoms with Crippen LogP contribution in [0, 0.1) is 0 Å². The third-order valence-corrected chi connectivity index (χ3v) is 5.24. The van der Waals surface area contributed by atoms with Crippen molar-refractivity contribution in [2.45, 2.75) is 26.8 Å². The van der Waals surface area contributed by atoms with Crippen molar-refractivity contribution in [2.75, 3.05) is 25.5 Å². The van der Waals surface area contributed by atoms with Gasteiger partial charge in [-0.2, -0.15) is 0 Å². The number of nitrogens with zero attached hydrogens (tertiary/aromatic N) is 1. The number of ketones is 1. The fraction of sp³-hybridized carbons (Fsp3) is 0.368. The molecule has 0 saturated heterocycles. The van der Waals surface area contributed by atoms with Crippen LogP contribution < -0.4 is 5.73 Å². The fourth-order valence-corrected chi connectivity index (χ4v) is 4.05. The van der Waals surface area contributed by atoms with Crippen LogP contribution in [0.5, 0.6) is 0 Å². The predicted molar refractivity (Wildman–Crippen MR) is 108 cm³/mol. The SMILES string of the molecule is CCO.CCOC(=O)N1CCc2c(sc(N)c2C(=O)c2ccc(Cl)cc2)C1. The average Bonchev–Trinajstić information content (AvgIpc) is 2.97. The van der Waals surface area contributed by atoms with Crippen LogP contribution in [0.2, 0.25) is 5.02 Å². The van der Waals surface area contributed by atoms with Crippen LogP contribution in [0.25, 0.3) is 0 Å². The monoisotopic (exact) mass is 410 g/mol. The molecule has 0 unspecified atom stereocenters. The molecular formula is C19H23ClN2O4S. The third kappa shape index (κ3) is 5.00. The zero-order chi connectivity index (χ0) is 20.0. The summed E-state index contributed by atoms with van der Waals surface area (Å²) in [5.74, 6) is -0.105. The molecule has 1 aromatic carbocycles. The highest BCUT2D eigenvalue weighted by molar-refractivity contribution is 7.16. The molecular weight excluding hydrogens is 388 g/mol. The Balaban J connectivity index is 0.000000817. The summed E-state index contributed by atoms with van der Waals surface area (Å²) in [4.78, 5) is 27.3. The van der Waals surface area contributed by atoms with Gasteiger partial charge in [0, 0.05) is 28.6 Å². The zero-order valence-corrected chi connectivity index (χ0v) is 16.9. The van der Waals surface area contributed by atoms with Crippen molar-refractivity contribution in [1.29, 1.82) is 0 Å². The summed E-state index contributed by atoms with van der Waals surface area (Å²) in [6.45, 7) is 4.99. The van der Waals surface area contributed by atoms with Gasteiger partial charge < -0.3 is 20.5 Å². The van der Waals surface area contributed by atoms with E-state index in [2.05, 4.69) is 0 Å². The van der Waals surface area contributed by atoms with Crippen LogP contribution in [0.4, 0.5) is 9.80 Å². The van der Waals surface area contributed by atoms with E-state index in [1.165, 1.54) is 11.3 Å². The first kappa shape index (κ1) is 21.2. The number of benzene rings is 1. The molecule has 0 aliphatic carbocycles. The molecule has 0 spiro atoms. The van der Waals surface area contributed by atoms with Crippen molar-refractivity contribution in [3.8, 4) is 0 Å². The van der Waals surface area contributed by atoms with Crippen molar-refractivity contribution >= 4 is 39.8 Å². The van der Waals surface area contributed by atoms with E-state index in [0.29, 0.717) is 47.3 Å². The molecule has 27 heavy (non-hydrogen) atoms. The maximum absolute atomic E-state index is 12.8. The number of nitrogen functional groups attached to an aromatic ring is 1. The van der Waals surface area contributed by atoms with Gasteiger partial charge in [-0.15, -0.1) is 11.3 Å². The lowest BCUT2D eigenvalue weighted by molar-refractivity contribution is 0.102. The molecule has 0 radical (unpaired) electrons. The Bertz CT molecular complexity index is 805. The molecule has 3 rings (SSSR count). The zero-order valence-electron chi connectivity index (χ0n) is 15.3. The number of hydrogen-bond acceptors (Lipinski definition) is 6. The summed E-state index contributed by atoms with van der Waals surface area (Å²) in [5, 5.41) is 8.64. The number of carbonyl (C=O) groups is 2. The third-order valence-electron chi connectivity index (χ3n) is 3.94. The highest BCUT2D eigenvalue weighted by Gasteiger charge is 2.29. The smallest absolute Gasteiger partial charge is 0.410 e. The van der Waals surface area contributed by atoms with Gasteiger partial charge in [-0.1, -0.05) is 11.6 Å². The minimum Gasteiger partial charge on any atom is -0.450 e. The highest BCUT2D eigenvalue weighted by Crippen LogP contribution is 2.36. The van der Waals surface area contributed by atoms with Crippen LogP contribution in [0.3, 0.4) is 0 Å². The first-order valence-corrected chi connectivity index (χ1v) is 9.85. The van der Waals surface area contributed by atoms with Crippen molar-refractivity contribution in [2.24, 2.45) is 0 Å². The molecule has 0 fully saturated rings. The van der Waals surface area contributed by atoms with E-state index >= 15 is 0 Å². The molecule has 1 amide bonds. The minimum absolute atomic E-state index is 0.105. The van der Waals surface area contributed by atoms with Crippen molar-refractivity contribution in [3.63, 3.8) is 0 Å². The first-order chi connectivity index (χ1) is 12.9. The molecule has 2 aromatic rings. The summed E-state index contributed by atoms with van der Waals surface area (Å²) in [7, 11) is 0. The Hall–Kier alpha value is -2.09. The van der Waals surface area contributed by atoms with Gasteiger partial charge in [0.25, 0.3) is 0 Å². The summed E-state index contributed by atoms with van der Waals surface area (Å²) < 4.78 is 5.04. The highest BCUT2D eigenvalue weighted by atomic mass is 35.5. The predicted octanol–water partition coefficient (Wildman–Crippen LogP) is 3.73. The number of nitrogens with two attached hydrogens (primary N) is 1. The van der Waals surface area contributed by atoms with Gasteiger partial charge >= 0.3 is 6.09 Å². The fourth-order valence-electron chi connectivity index (χ4n) is 2.79. The maximum Gasteiger partial charge on any atom is 0.410 e. The van der Waals surface area contributed by atoms with Crippen molar-refractivity contribution < 1.29 is 19.4 Å². The Morgan fingerprint density at radius 2 is 1.93 bits per heavy atom. The van der Waals surface area contributed by atoms with Gasteiger partial charge in [-0.25, -0.2) is 4.79 Å². The number of thiophene rings is 1. The summed E-state index contributed by atoms with van der Waals surface area (Å²) in [6, 6.07) is 6.77. The topological polar surface area (TPSA) is 92.9 Å². The summed E-state index contributed by atoms with van der Waals surface area (Å²) in [5.41, 5.74) is 8.16. The molecule has 146 valence electrons. The second-order valence-corrected chi connectivity index (χ2v) is 7.34. The number of ether oxygens (including phenoxy) is 1. The van der Waals surface area contributed by atoms with Gasteiger partial charge in [-0.05, 0) is 50.1 Å². The van der Waals surface area contributed by atoms with Gasteiger partial charge in [0.05, 0.1) is 23.7 Å². The van der Waals surface area contributed by atoms with Crippen LogP contribution in [0.1, 0.15) is 40.2 Å². The van der Waals surface area contributed by atoms with Crippen LogP contribution in [-0.4, -0.2) is 41.6 Å². The lowest BCUT2D eigenvalue weighted by atomic mass is 9.96. The van der Waals surface area contributed by atoms with E-state index in [0.717, 1.165) is 10.4 Å². The number of carbonyl (C=O) groups excluding carboxylic acids is 2. The van der Waals surface area contributed by atoms with Gasteiger partial charge in [0.2, 0.25) is 0 Å². The number of aliphatic hydroxyl groups excluding tert-OH is 1. The number of halogens is 1. The molecule has 2 heterocycles. The number of aliphatic hydroxyl groups is 1. The number of fused-ring (bicyclic) bond motifs is 1.